The lowest BCUT2D eigenvalue weighted by molar-refractivity contribution is -0.130. The van der Waals surface area contributed by atoms with Gasteiger partial charge in [-0.2, -0.15) is 11.8 Å². The number of carbonyl (C=O) groups is 1. The maximum absolute atomic E-state index is 14.1. The minimum atomic E-state index is -0.354. The topological polar surface area (TPSA) is 32.3 Å². The highest BCUT2D eigenvalue weighted by Gasteiger charge is 2.39. The molecule has 3 nitrogen and oxygen atoms in total. The van der Waals surface area contributed by atoms with E-state index < -0.39 is 0 Å². The van der Waals surface area contributed by atoms with Gasteiger partial charge >= 0.3 is 0 Å². The molecule has 1 aliphatic heterocycles. The molecule has 116 valence electrons. The first-order valence-electron chi connectivity index (χ1n) is 7.38. The van der Waals surface area contributed by atoms with Crippen LogP contribution in [0, 0.1) is 11.7 Å². The predicted octanol–water partition coefficient (Wildman–Crippen LogP) is 3.03. The van der Waals surface area contributed by atoms with Gasteiger partial charge in [-0.25, -0.2) is 4.39 Å². The third-order valence-electron chi connectivity index (χ3n) is 3.82. The Kier molecular flexibility index (Phi) is 5.65. The summed E-state index contributed by atoms with van der Waals surface area (Å²) in [5, 5.41) is 3.27. The van der Waals surface area contributed by atoms with Crippen molar-refractivity contribution < 1.29 is 9.18 Å². The molecule has 1 aliphatic rings. The van der Waals surface area contributed by atoms with Crippen LogP contribution in [0.15, 0.2) is 24.3 Å². The largest absolute Gasteiger partial charge is 0.321 e. The Bertz CT molecular complexity index is 497. The van der Waals surface area contributed by atoms with Crippen molar-refractivity contribution in [2.45, 2.75) is 32.5 Å². The molecule has 0 aliphatic carbocycles. The van der Waals surface area contributed by atoms with E-state index in [1.54, 1.807) is 28.8 Å². The second-order valence-corrected chi connectivity index (χ2v) is 6.51. The molecular formula is C16H23FN2OS. The van der Waals surface area contributed by atoms with Crippen molar-refractivity contribution in [1.29, 1.82) is 0 Å². The quantitative estimate of drug-likeness (QED) is 0.876. The van der Waals surface area contributed by atoms with E-state index in [9.17, 15) is 9.18 Å². The average molecular weight is 310 g/mol. The Labute approximate surface area is 130 Å². The first kappa shape index (κ1) is 16.3. The van der Waals surface area contributed by atoms with Crippen LogP contribution in [-0.2, 0) is 4.79 Å². The maximum atomic E-state index is 14.1. The van der Waals surface area contributed by atoms with Gasteiger partial charge in [0.05, 0.1) is 6.04 Å². The van der Waals surface area contributed by atoms with Crippen LogP contribution in [0.3, 0.4) is 0 Å². The molecule has 1 aromatic rings. The van der Waals surface area contributed by atoms with Crippen LogP contribution in [0.1, 0.15) is 32.0 Å². The SMILES string of the molecule is CCC1NC(c2ccccc2F)N(CC(C)CSC)C1=O. The second-order valence-electron chi connectivity index (χ2n) is 5.60. The number of nitrogens with one attached hydrogen (secondary N) is 1. The van der Waals surface area contributed by atoms with Crippen LogP contribution < -0.4 is 5.32 Å². The Hall–Kier alpha value is -1.07. The number of hydrogen-bond acceptors (Lipinski definition) is 3. The fourth-order valence-electron chi connectivity index (χ4n) is 2.79. The lowest BCUT2D eigenvalue weighted by atomic mass is 10.1. The molecule has 1 aromatic carbocycles. The van der Waals surface area contributed by atoms with Crippen LogP contribution in [-0.4, -0.2) is 35.4 Å². The molecule has 5 heteroatoms. The minimum Gasteiger partial charge on any atom is -0.321 e. The van der Waals surface area contributed by atoms with Crippen molar-refractivity contribution in [3.05, 3.63) is 35.6 Å². The van der Waals surface area contributed by atoms with Crippen molar-refractivity contribution in [2.24, 2.45) is 5.92 Å². The summed E-state index contributed by atoms with van der Waals surface area (Å²) in [5.74, 6) is 1.20. The molecule has 3 atom stereocenters. The van der Waals surface area contributed by atoms with Gasteiger partial charge in [0.1, 0.15) is 12.0 Å². The summed E-state index contributed by atoms with van der Waals surface area (Å²) >= 11 is 1.77. The number of amides is 1. The summed E-state index contributed by atoms with van der Waals surface area (Å²) in [5.41, 5.74) is 0.554. The number of benzene rings is 1. The summed E-state index contributed by atoms with van der Waals surface area (Å²) in [6, 6.07) is 6.48. The van der Waals surface area contributed by atoms with E-state index >= 15 is 0 Å². The molecular weight excluding hydrogens is 287 g/mol. The van der Waals surface area contributed by atoms with Gasteiger partial charge in [0, 0.05) is 12.1 Å². The molecule has 1 heterocycles. The van der Waals surface area contributed by atoms with Crippen LogP contribution in [0.2, 0.25) is 0 Å². The van der Waals surface area contributed by atoms with E-state index in [1.807, 2.05) is 13.0 Å². The van der Waals surface area contributed by atoms with Gasteiger partial charge in [0.2, 0.25) is 5.91 Å². The minimum absolute atomic E-state index is 0.0821. The second kappa shape index (κ2) is 7.27. The molecule has 1 saturated heterocycles. The highest BCUT2D eigenvalue weighted by molar-refractivity contribution is 7.98. The molecule has 21 heavy (non-hydrogen) atoms. The van der Waals surface area contributed by atoms with Crippen molar-refractivity contribution in [3.8, 4) is 0 Å². The number of hydrogen-bond donors (Lipinski definition) is 1. The number of thioether (sulfide) groups is 1. The lowest BCUT2D eigenvalue weighted by Crippen LogP contribution is -2.35. The van der Waals surface area contributed by atoms with Gasteiger partial charge in [-0.1, -0.05) is 32.0 Å². The molecule has 0 bridgehead atoms. The Morgan fingerprint density at radius 3 is 2.76 bits per heavy atom. The van der Waals surface area contributed by atoms with E-state index in [4.69, 9.17) is 0 Å². The third kappa shape index (κ3) is 3.58. The molecule has 1 fully saturated rings. The smallest absolute Gasteiger partial charge is 0.241 e. The number of halogens is 1. The maximum Gasteiger partial charge on any atom is 0.241 e. The van der Waals surface area contributed by atoms with Crippen molar-refractivity contribution in [1.82, 2.24) is 10.2 Å². The summed E-state index contributed by atoms with van der Waals surface area (Å²) in [6.45, 7) is 4.76. The summed E-state index contributed by atoms with van der Waals surface area (Å²) in [7, 11) is 0. The molecule has 3 unspecified atom stereocenters. The molecule has 1 amide bonds. The van der Waals surface area contributed by atoms with E-state index in [0.717, 1.165) is 12.2 Å². The number of rotatable bonds is 6. The molecule has 2 rings (SSSR count). The molecule has 0 radical (unpaired) electrons. The van der Waals surface area contributed by atoms with Crippen molar-refractivity contribution >= 4 is 17.7 Å². The van der Waals surface area contributed by atoms with Crippen LogP contribution in [0.5, 0.6) is 0 Å². The van der Waals surface area contributed by atoms with Gasteiger partial charge in [-0.05, 0) is 30.4 Å². The van der Waals surface area contributed by atoms with Crippen LogP contribution >= 0.6 is 11.8 Å². The van der Waals surface area contributed by atoms with Gasteiger partial charge in [0.25, 0.3) is 0 Å². The molecule has 0 saturated carbocycles. The highest BCUT2D eigenvalue weighted by Crippen LogP contribution is 2.29. The van der Waals surface area contributed by atoms with Gasteiger partial charge in [0.15, 0.2) is 0 Å². The third-order valence-corrected chi connectivity index (χ3v) is 4.72. The summed E-state index contributed by atoms with van der Waals surface area (Å²) < 4.78 is 14.1. The van der Waals surface area contributed by atoms with E-state index in [2.05, 4.69) is 18.5 Å². The number of nitrogens with zero attached hydrogens (tertiary/aromatic N) is 1. The first-order chi connectivity index (χ1) is 10.1. The van der Waals surface area contributed by atoms with E-state index in [1.165, 1.54) is 6.07 Å². The lowest BCUT2D eigenvalue weighted by Gasteiger charge is -2.27. The van der Waals surface area contributed by atoms with E-state index in [0.29, 0.717) is 18.0 Å². The van der Waals surface area contributed by atoms with Gasteiger partial charge in [-0.15, -0.1) is 0 Å². The Balaban J connectivity index is 2.24. The van der Waals surface area contributed by atoms with Crippen LogP contribution in [0.25, 0.3) is 0 Å². The van der Waals surface area contributed by atoms with Gasteiger partial charge in [-0.3, -0.25) is 10.1 Å². The number of carbonyl (C=O) groups excluding carboxylic acids is 1. The molecule has 0 aromatic heterocycles. The highest BCUT2D eigenvalue weighted by atomic mass is 32.2. The van der Waals surface area contributed by atoms with E-state index in [-0.39, 0.29) is 23.9 Å². The van der Waals surface area contributed by atoms with Crippen LogP contribution in [0.4, 0.5) is 4.39 Å². The zero-order valence-corrected chi connectivity index (χ0v) is 13.6. The molecule has 0 spiro atoms. The predicted molar refractivity (Wildman–Crippen MR) is 85.6 cm³/mol. The monoisotopic (exact) mass is 310 g/mol. The average Bonchev–Trinajstić information content (AvgIpc) is 2.77. The normalized spacial score (nSPS) is 23.6. The first-order valence-corrected chi connectivity index (χ1v) is 8.77. The zero-order valence-electron chi connectivity index (χ0n) is 12.8. The Morgan fingerprint density at radius 2 is 2.14 bits per heavy atom. The summed E-state index contributed by atoms with van der Waals surface area (Å²) in [4.78, 5) is 14.3. The summed E-state index contributed by atoms with van der Waals surface area (Å²) in [6.07, 6.45) is 2.42. The van der Waals surface area contributed by atoms with Crippen molar-refractivity contribution in [3.63, 3.8) is 0 Å². The zero-order chi connectivity index (χ0) is 15.4. The Morgan fingerprint density at radius 1 is 1.43 bits per heavy atom. The fourth-order valence-corrected chi connectivity index (χ4v) is 3.47. The van der Waals surface area contributed by atoms with Gasteiger partial charge < -0.3 is 4.90 Å². The van der Waals surface area contributed by atoms with Crippen molar-refractivity contribution in [2.75, 3.05) is 18.6 Å². The standard InChI is InChI=1S/C16H23FN2OS/c1-4-14-16(20)19(9-11(2)10-21-3)15(18-14)12-7-5-6-8-13(12)17/h5-8,11,14-15,18H,4,9-10H2,1-3H3. The molecule has 1 N–H and O–H groups in total. The fraction of sp³-hybridized carbons (Fsp3) is 0.562.